The van der Waals surface area contributed by atoms with Gasteiger partial charge >= 0.3 is 0 Å². The van der Waals surface area contributed by atoms with Crippen LogP contribution in [0.5, 0.6) is 0 Å². The van der Waals surface area contributed by atoms with E-state index in [4.69, 9.17) is 0 Å². The average molecular weight is 174 g/mol. The molecule has 1 unspecified atom stereocenters. The molecule has 0 aliphatic carbocycles. The number of hydrogen-bond acceptors (Lipinski definition) is 3. The van der Waals surface area contributed by atoms with Crippen LogP contribution in [0.4, 0.5) is 0 Å². The molecule has 0 aliphatic rings. The summed E-state index contributed by atoms with van der Waals surface area (Å²) in [6, 6.07) is 0. The Bertz CT molecular complexity index is 128. The highest BCUT2D eigenvalue weighted by Gasteiger charge is 2.02. The standard InChI is InChI=1S/C8H18N2O2/c1-3-4-7(11)5-10-6-8(12)9-2/h7,10-11H,3-6H2,1-2H3,(H,9,12). The minimum atomic E-state index is -0.334. The maximum absolute atomic E-state index is 10.7. The summed E-state index contributed by atoms with van der Waals surface area (Å²) in [4.78, 5) is 10.7. The third kappa shape index (κ3) is 6.12. The Morgan fingerprint density at radius 3 is 2.75 bits per heavy atom. The number of carbonyl (C=O) groups is 1. The number of aliphatic hydroxyl groups excluding tert-OH is 1. The van der Waals surface area contributed by atoms with Crippen LogP contribution in [0, 0.1) is 0 Å². The van der Waals surface area contributed by atoms with Gasteiger partial charge in [0, 0.05) is 13.6 Å². The third-order valence-electron chi connectivity index (χ3n) is 1.57. The lowest BCUT2D eigenvalue weighted by Gasteiger charge is -2.09. The molecule has 0 rings (SSSR count). The lowest BCUT2D eigenvalue weighted by Crippen LogP contribution is -2.35. The highest BCUT2D eigenvalue weighted by molar-refractivity contribution is 5.77. The number of aliphatic hydroxyl groups is 1. The van der Waals surface area contributed by atoms with E-state index in [1.165, 1.54) is 0 Å². The van der Waals surface area contributed by atoms with Crippen molar-refractivity contribution < 1.29 is 9.90 Å². The Kier molecular flexibility index (Phi) is 6.70. The average Bonchev–Trinajstić information content (AvgIpc) is 2.04. The molecular formula is C8H18N2O2. The predicted molar refractivity (Wildman–Crippen MR) is 47.9 cm³/mol. The maximum atomic E-state index is 10.7. The van der Waals surface area contributed by atoms with Gasteiger partial charge in [-0.2, -0.15) is 0 Å². The zero-order valence-electron chi connectivity index (χ0n) is 7.76. The molecule has 12 heavy (non-hydrogen) atoms. The number of hydrogen-bond donors (Lipinski definition) is 3. The van der Waals surface area contributed by atoms with Crippen molar-refractivity contribution in [3.8, 4) is 0 Å². The number of likely N-dealkylation sites (N-methyl/N-ethyl adjacent to an activating group) is 1. The Hall–Kier alpha value is -0.610. The van der Waals surface area contributed by atoms with Gasteiger partial charge in [0.1, 0.15) is 0 Å². The molecule has 0 heterocycles. The van der Waals surface area contributed by atoms with Crippen LogP contribution in [-0.2, 0) is 4.79 Å². The number of rotatable bonds is 6. The number of nitrogens with one attached hydrogen (secondary N) is 2. The summed E-state index contributed by atoms with van der Waals surface area (Å²) in [7, 11) is 1.59. The summed E-state index contributed by atoms with van der Waals surface area (Å²) >= 11 is 0. The topological polar surface area (TPSA) is 61.4 Å². The lowest BCUT2D eigenvalue weighted by atomic mass is 10.2. The molecule has 0 saturated carbocycles. The molecule has 1 amide bonds. The van der Waals surface area contributed by atoms with Crippen molar-refractivity contribution in [1.29, 1.82) is 0 Å². The minimum Gasteiger partial charge on any atom is -0.392 e. The second kappa shape index (κ2) is 7.06. The molecule has 0 fully saturated rings. The van der Waals surface area contributed by atoms with E-state index >= 15 is 0 Å². The van der Waals surface area contributed by atoms with Crippen LogP contribution >= 0.6 is 0 Å². The summed E-state index contributed by atoms with van der Waals surface area (Å²) < 4.78 is 0. The van der Waals surface area contributed by atoms with Crippen LogP contribution in [0.2, 0.25) is 0 Å². The van der Waals surface area contributed by atoms with Crippen LogP contribution in [0.25, 0.3) is 0 Å². The first-order chi connectivity index (χ1) is 5.70. The number of amides is 1. The Morgan fingerprint density at radius 2 is 2.25 bits per heavy atom. The van der Waals surface area contributed by atoms with Crippen molar-refractivity contribution >= 4 is 5.91 Å². The van der Waals surface area contributed by atoms with Gasteiger partial charge in [-0.25, -0.2) is 0 Å². The molecule has 72 valence electrons. The molecular weight excluding hydrogens is 156 g/mol. The van der Waals surface area contributed by atoms with E-state index in [0.29, 0.717) is 6.54 Å². The van der Waals surface area contributed by atoms with Gasteiger partial charge in [-0.1, -0.05) is 13.3 Å². The fourth-order valence-electron chi connectivity index (χ4n) is 0.876. The minimum absolute atomic E-state index is 0.0568. The molecule has 4 heteroatoms. The highest BCUT2D eigenvalue weighted by Crippen LogP contribution is 1.92. The second-order valence-electron chi connectivity index (χ2n) is 2.75. The monoisotopic (exact) mass is 174 g/mol. The fourth-order valence-corrected chi connectivity index (χ4v) is 0.876. The predicted octanol–water partition coefficient (Wildman–Crippen LogP) is -0.517. The second-order valence-corrected chi connectivity index (χ2v) is 2.75. The zero-order valence-corrected chi connectivity index (χ0v) is 7.76. The summed E-state index contributed by atoms with van der Waals surface area (Å²) in [5.74, 6) is -0.0568. The van der Waals surface area contributed by atoms with E-state index in [2.05, 4.69) is 10.6 Å². The van der Waals surface area contributed by atoms with E-state index in [1.54, 1.807) is 7.05 Å². The third-order valence-corrected chi connectivity index (χ3v) is 1.57. The van der Waals surface area contributed by atoms with Crippen molar-refractivity contribution in [1.82, 2.24) is 10.6 Å². The summed E-state index contributed by atoms with van der Waals surface area (Å²) in [6.45, 7) is 2.78. The van der Waals surface area contributed by atoms with Crippen LogP contribution in [0.3, 0.4) is 0 Å². The molecule has 0 aromatic heterocycles. The van der Waals surface area contributed by atoms with Gasteiger partial charge in [-0.05, 0) is 6.42 Å². The van der Waals surface area contributed by atoms with E-state index < -0.39 is 0 Å². The summed E-state index contributed by atoms with van der Waals surface area (Å²) in [6.07, 6.45) is 1.41. The summed E-state index contributed by atoms with van der Waals surface area (Å²) in [5.41, 5.74) is 0. The van der Waals surface area contributed by atoms with Crippen LogP contribution in [-0.4, -0.2) is 37.3 Å². The van der Waals surface area contributed by atoms with Gasteiger partial charge in [0.15, 0.2) is 0 Å². The molecule has 3 N–H and O–H groups in total. The smallest absolute Gasteiger partial charge is 0.233 e. The van der Waals surface area contributed by atoms with E-state index in [-0.39, 0.29) is 18.6 Å². The molecule has 0 saturated heterocycles. The van der Waals surface area contributed by atoms with Crippen LogP contribution < -0.4 is 10.6 Å². The SMILES string of the molecule is CCCC(O)CNCC(=O)NC. The molecule has 0 radical (unpaired) electrons. The van der Waals surface area contributed by atoms with Gasteiger partial charge in [0.2, 0.25) is 5.91 Å². The van der Waals surface area contributed by atoms with Crippen molar-refractivity contribution in [2.75, 3.05) is 20.1 Å². The maximum Gasteiger partial charge on any atom is 0.233 e. The molecule has 0 bridgehead atoms. The molecule has 0 aromatic rings. The highest BCUT2D eigenvalue weighted by atomic mass is 16.3. The van der Waals surface area contributed by atoms with E-state index in [0.717, 1.165) is 12.8 Å². The van der Waals surface area contributed by atoms with Crippen molar-refractivity contribution in [2.45, 2.75) is 25.9 Å². The van der Waals surface area contributed by atoms with E-state index in [9.17, 15) is 9.90 Å². The molecule has 0 aliphatic heterocycles. The zero-order chi connectivity index (χ0) is 9.40. The van der Waals surface area contributed by atoms with Crippen molar-refractivity contribution in [3.05, 3.63) is 0 Å². The van der Waals surface area contributed by atoms with Gasteiger partial charge in [0.25, 0.3) is 0 Å². The largest absolute Gasteiger partial charge is 0.392 e. The van der Waals surface area contributed by atoms with Crippen LogP contribution in [0.1, 0.15) is 19.8 Å². The molecule has 0 aromatic carbocycles. The van der Waals surface area contributed by atoms with Crippen molar-refractivity contribution in [2.24, 2.45) is 0 Å². The first kappa shape index (κ1) is 11.4. The van der Waals surface area contributed by atoms with Gasteiger partial charge in [0.05, 0.1) is 12.6 Å². The summed E-state index contributed by atoms with van der Waals surface area (Å²) in [5, 5.41) is 14.6. The number of carbonyl (C=O) groups excluding carboxylic acids is 1. The first-order valence-corrected chi connectivity index (χ1v) is 4.30. The lowest BCUT2D eigenvalue weighted by molar-refractivity contribution is -0.119. The fraction of sp³-hybridized carbons (Fsp3) is 0.875. The first-order valence-electron chi connectivity index (χ1n) is 4.30. The van der Waals surface area contributed by atoms with Crippen molar-refractivity contribution in [3.63, 3.8) is 0 Å². The Morgan fingerprint density at radius 1 is 1.58 bits per heavy atom. The Labute approximate surface area is 73.3 Å². The van der Waals surface area contributed by atoms with Gasteiger partial charge in [-0.3, -0.25) is 4.79 Å². The van der Waals surface area contributed by atoms with Gasteiger partial charge in [-0.15, -0.1) is 0 Å². The van der Waals surface area contributed by atoms with E-state index in [1.807, 2.05) is 6.92 Å². The normalized spacial score (nSPS) is 12.6. The molecule has 4 nitrogen and oxygen atoms in total. The Balaban J connectivity index is 3.24. The molecule has 0 spiro atoms. The van der Waals surface area contributed by atoms with Crippen LogP contribution in [0.15, 0.2) is 0 Å². The van der Waals surface area contributed by atoms with Gasteiger partial charge < -0.3 is 15.7 Å². The molecule has 1 atom stereocenters. The quantitative estimate of drug-likeness (QED) is 0.508.